The lowest BCUT2D eigenvalue weighted by atomic mass is 10.3. The monoisotopic (exact) mass is 209 g/mol. The number of fused-ring (bicyclic) bond motifs is 1. The van der Waals surface area contributed by atoms with Crippen LogP contribution in [0.4, 0.5) is 0 Å². The maximum atomic E-state index is 11.8. The Balaban J connectivity index is 2.70. The van der Waals surface area contributed by atoms with Crippen molar-refractivity contribution in [2.45, 2.75) is 13.5 Å². The molecule has 0 atom stereocenters. The van der Waals surface area contributed by atoms with Crippen LogP contribution in [0.15, 0.2) is 16.5 Å². The number of thiophene rings is 1. The number of aryl methyl sites for hydroxylation is 1. The van der Waals surface area contributed by atoms with E-state index in [0.29, 0.717) is 13.1 Å². The third-order valence-electron chi connectivity index (χ3n) is 2.09. The Bertz CT molecular complexity index is 514. The molecule has 0 saturated carbocycles. The Hall–Kier alpha value is -1.20. The largest absolute Gasteiger partial charge is 0.329 e. The van der Waals surface area contributed by atoms with Gasteiger partial charge in [-0.25, -0.2) is 4.98 Å². The SMILES string of the molecule is Cc1csc2c(=O)n(CCN)cnc12. The van der Waals surface area contributed by atoms with Crippen molar-refractivity contribution in [1.82, 2.24) is 9.55 Å². The second kappa shape index (κ2) is 3.51. The van der Waals surface area contributed by atoms with Gasteiger partial charge in [-0.15, -0.1) is 11.3 Å². The summed E-state index contributed by atoms with van der Waals surface area (Å²) in [5.41, 5.74) is 7.28. The highest BCUT2D eigenvalue weighted by atomic mass is 32.1. The lowest BCUT2D eigenvalue weighted by molar-refractivity contribution is 0.674. The molecule has 2 heterocycles. The summed E-state index contributed by atoms with van der Waals surface area (Å²) < 4.78 is 2.27. The van der Waals surface area contributed by atoms with E-state index in [4.69, 9.17) is 5.73 Å². The van der Waals surface area contributed by atoms with Crippen molar-refractivity contribution in [3.63, 3.8) is 0 Å². The number of rotatable bonds is 2. The molecule has 0 aliphatic heterocycles. The van der Waals surface area contributed by atoms with Crippen molar-refractivity contribution in [3.8, 4) is 0 Å². The quantitative estimate of drug-likeness (QED) is 0.793. The van der Waals surface area contributed by atoms with E-state index in [1.807, 2.05) is 12.3 Å². The minimum atomic E-state index is 0.0125. The Kier molecular flexibility index (Phi) is 2.35. The van der Waals surface area contributed by atoms with Gasteiger partial charge in [-0.2, -0.15) is 0 Å². The van der Waals surface area contributed by atoms with Crippen LogP contribution < -0.4 is 11.3 Å². The van der Waals surface area contributed by atoms with E-state index >= 15 is 0 Å². The predicted octanol–water partition coefficient (Wildman–Crippen LogP) is 0.725. The zero-order valence-corrected chi connectivity index (χ0v) is 8.67. The molecule has 2 rings (SSSR count). The molecular weight excluding hydrogens is 198 g/mol. The highest BCUT2D eigenvalue weighted by Crippen LogP contribution is 2.18. The lowest BCUT2D eigenvalue weighted by Crippen LogP contribution is -2.23. The van der Waals surface area contributed by atoms with E-state index < -0.39 is 0 Å². The maximum absolute atomic E-state index is 11.8. The number of hydrogen-bond donors (Lipinski definition) is 1. The van der Waals surface area contributed by atoms with Crippen LogP contribution in [-0.2, 0) is 6.54 Å². The molecule has 0 aliphatic rings. The van der Waals surface area contributed by atoms with Crippen molar-refractivity contribution in [1.29, 1.82) is 0 Å². The third-order valence-corrected chi connectivity index (χ3v) is 3.17. The summed E-state index contributed by atoms with van der Waals surface area (Å²) in [7, 11) is 0. The molecule has 0 aliphatic carbocycles. The molecule has 0 bridgehead atoms. The molecule has 14 heavy (non-hydrogen) atoms. The summed E-state index contributed by atoms with van der Waals surface area (Å²) in [4.78, 5) is 16.0. The van der Waals surface area contributed by atoms with Gasteiger partial charge in [0.1, 0.15) is 4.70 Å². The van der Waals surface area contributed by atoms with Gasteiger partial charge < -0.3 is 5.73 Å². The van der Waals surface area contributed by atoms with Crippen LogP contribution >= 0.6 is 11.3 Å². The second-order valence-electron chi connectivity index (χ2n) is 3.13. The first-order valence-electron chi connectivity index (χ1n) is 4.37. The van der Waals surface area contributed by atoms with Crippen LogP contribution in [0.2, 0.25) is 0 Å². The van der Waals surface area contributed by atoms with Gasteiger partial charge in [0.05, 0.1) is 11.8 Å². The average Bonchev–Trinajstić information content (AvgIpc) is 2.54. The molecule has 0 spiro atoms. The van der Waals surface area contributed by atoms with E-state index in [-0.39, 0.29) is 5.56 Å². The van der Waals surface area contributed by atoms with E-state index in [0.717, 1.165) is 15.8 Å². The van der Waals surface area contributed by atoms with Gasteiger partial charge >= 0.3 is 0 Å². The summed E-state index contributed by atoms with van der Waals surface area (Å²) in [6.45, 7) is 2.94. The summed E-state index contributed by atoms with van der Waals surface area (Å²) in [6, 6.07) is 0. The van der Waals surface area contributed by atoms with Crippen LogP contribution in [0.25, 0.3) is 10.2 Å². The zero-order valence-electron chi connectivity index (χ0n) is 7.86. The molecule has 0 unspecified atom stereocenters. The third kappa shape index (κ3) is 1.34. The summed E-state index contributed by atoms with van der Waals surface area (Å²) in [6.07, 6.45) is 1.57. The molecule has 2 N–H and O–H groups in total. The molecule has 0 saturated heterocycles. The van der Waals surface area contributed by atoms with Crippen LogP contribution in [0, 0.1) is 6.92 Å². The van der Waals surface area contributed by atoms with Gasteiger partial charge in [-0.05, 0) is 17.9 Å². The highest BCUT2D eigenvalue weighted by Gasteiger charge is 2.07. The molecule has 5 heteroatoms. The first-order chi connectivity index (χ1) is 6.74. The molecule has 0 aromatic carbocycles. The van der Waals surface area contributed by atoms with E-state index in [1.165, 1.54) is 11.3 Å². The highest BCUT2D eigenvalue weighted by molar-refractivity contribution is 7.17. The van der Waals surface area contributed by atoms with Crippen LogP contribution in [0.3, 0.4) is 0 Å². The van der Waals surface area contributed by atoms with Crippen LogP contribution in [0.1, 0.15) is 5.56 Å². The molecule has 0 fully saturated rings. The molecular formula is C9H11N3OS. The lowest BCUT2D eigenvalue weighted by Gasteiger charge is -2.01. The standard InChI is InChI=1S/C9H11N3OS/c1-6-4-14-8-7(6)11-5-12(3-2-10)9(8)13/h4-5H,2-3,10H2,1H3. The van der Waals surface area contributed by atoms with Gasteiger partial charge in [-0.1, -0.05) is 0 Å². The molecule has 2 aromatic rings. The maximum Gasteiger partial charge on any atom is 0.271 e. The van der Waals surface area contributed by atoms with Crippen LogP contribution in [-0.4, -0.2) is 16.1 Å². The van der Waals surface area contributed by atoms with Gasteiger partial charge in [0.25, 0.3) is 5.56 Å². The predicted molar refractivity (Wildman–Crippen MR) is 57.7 cm³/mol. The van der Waals surface area contributed by atoms with E-state index in [1.54, 1.807) is 10.9 Å². The smallest absolute Gasteiger partial charge is 0.271 e. The fourth-order valence-corrected chi connectivity index (χ4v) is 2.31. The topological polar surface area (TPSA) is 60.9 Å². The van der Waals surface area contributed by atoms with Gasteiger partial charge in [0.2, 0.25) is 0 Å². The average molecular weight is 209 g/mol. The molecule has 4 nitrogen and oxygen atoms in total. The minimum Gasteiger partial charge on any atom is -0.329 e. The fourth-order valence-electron chi connectivity index (χ4n) is 1.36. The normalized spacial score (nSPS) is 11.0. The van der Waals surface area contributed by atoms with E-state index in [2.05, 4.69) is 4.98 Å². The molecule has 2 aromatic heterocycles. The van der Waals surface area contributed by atoms with Crippen molar-refractivity contribution < 1.29 is 0 Å². The van der Waals surface area contributed by atoms with Crippen molar-refractivity contribution in [2.75, 3.05) is 6.54 Å². The number of nitrogens with two attached hydrogens (primary N) is 1. The molecule has 0 amide bonds. The van der Waals surface area contributed by atoms with Crippen molar-refractivity contribution >= 4 is 21.6 Å². The van der Waals surface area contributed by atoms with Crippen molar-refractivity contribution in [2.24, 2.45) is 5.73 Å². The van der Waals surface area contributed by atoms with Gasteiger partial charge in [0.15, 0.2) is 0 Å². The zero-order chi connectivity index (χ0) is 10.1. The Morgan fingerprint density at radius 1 is 1.64 bits per heavy atom. The van der Waals surface area contributed by atoms with Gasteiger partial charge in [-0.3, -0.25) is 9.36 Å². The Morgan fingerprint density at radius 3 is 3.14 bits per heavy atom. The summed E-state index contributed by atoms with van der Waals surface area (Å²) in [5, 5.41) is 1.95. The first-order valence-corrected chi connectivity index (χ1v) is 5.25. The molecule has 0 radical (unpaired) electrons. The number of hydrogen-bond acceptors (Lipinski definition) is 4. The Labute approximate surface area is 85.0 Å². The first kappa shape index (κ1) is 9.36. The fraction of sp³-hybridized carbons (Fsp3) is 0.333. The van der Waals surface area contributed by atoms with Crippen molar-refractivity contribution in [3.05, 3.63) is 27.6 Å². The summed E-state index contributed by atoms with van der Waals surface area (Å²) in [5.74, 6) is 0. The Morgan fingerprint density at radius 2 is 2.43 bits per heavy atom. The van der Waals surface area contributed by atoms with Crippen LogP contribution in [0.5, 0.6) is 0 Å². The summed E-state index contributed by atoms with van der Waals surface area (Å²) >= 11 is 1.44. The second-order valence-corrected chi connectivity index (χ2v) is 4.01. The van der Waals surface area contributed by atoms with Gasteiger partial charge in [0, 0.05) is 13.1 Å². The van der Waals surface area contributed by atoms with E-state index in [9.17, 15) is 4.79 Å². The number of aromatic nitrogens is 2. The minimum absolute atomic E-state index is 0.0125. The molecule has 74 valence electrons. The number of nitrogens with zero attached hydrogens (tertiary/aromatic N) is 2.